The number of alkyl carbamates (subject to hydrolysis) is 1. The monoisotopic (exact) mass is 947 g/mol. The van der Waals surface area contributed by atoms with Gasteiger partial charge in [0.25, 0.3) is 0 Å². The highest BCUT2D eigenvalue weighted by Gasteiger charge is 2.78. The van der Waals surface area contributed by atoms with Crippen LogP contribution in [0.4, 0.5) is 9.59 Å². The molecule has 0 spiro atoms. The van der Waals surface area contributed by atoms with Crippen molar-refractivity contribution in [3.63, 3.8) is 0 Å². The van der Waals surface area contributed by atoms with Gasteiger partial charge in [0, 0.05) is 25.2 Å². The van der Waals surface area contributed by atoms with E-state index < -0.39 is 130 Å². The number of benzene rings is 2. The number of aliphatic hydroxyl groups excluding tert-OH is 2. The summed E-state index contributed by atoms with van der Waals surface area (Å²) in [5.41, 5.74) is -9.01. The smallest absolute Gasteiger partial charge is 0.456 e. The van der Waals surface area contributed by atoms with Gasteiger partial charge in [0.05, 0.1) is 35.6 Å². The number of nitrogens with one attached hydrogen (secondary N) is 1. The molecule has 2 saturated carbocycles. The minimum absolute atomic E-state index is 0.0300. The van der Waals surface area contributed by atoms with Crippen molar-refractivity contribution in [3.8, 4) is 0 Å². The zero-order valence-electron chi connectivity index (χ0n) is 37.2. The summed E-state index contributed by atoms with van der Waals surface area (Å²) >= 11 is 11.7. The Morgan fingerprint density at radius 1 is 0.954 bits per heavy atom. The van der Waals surface area contributed by atoms with E-state index in [1.165, 1.54) is 39.8 Å². The van der Waals surface area contributed by atoms with E-state index in [0.717, 1.165) is 6.92 Å². The van der Waals surface area contributed by atoms with Crippen LogP contribution in [0.25, 0.3) is 0 Å². The lowest BCUT2D eigenvalue weighted by atomic mass is 9.44. The molecule has 6 rings (SSSR count). The van der Waals surface area contributed by atoms with E-state index in [0.29, 0.717) is 0 Å². The van der Waals surface area contributed by atoms with Crippen molar-refractivity contribution in [3.05, 3.63) is 82.9 Å². The van der Waals surface area contributed by atoms with E-state index in [1.54, 1.807) is 69.3 Å². The first-order valence-corrected chi connectivity index (χ1v) is 21.9. The van der Waals surface area contributed by atoms with Crippen molar-refractivity contribution in [2.24, 2.45) is 16.7 Å². The van der Waals surface area contributed by atoms with E-state index >= 15 is 4.79 Å². The highest BCUT2D eigenvalue weighted by Crippen LogP contribution is 2.64. The number of aliphatic hydroxyl groups is 3. The second kappa shape index (κ2) is 18.5. The van der Waals surface area contributed by atoms with Gasteiger partial charge in [-0.25, -0.2) is 19.2 Å². The van der Waals surface area contributed by atoms with Gasteiger partial charge >= 0.3 is 30.2 Å². The molecule has 1 aliphatic heterocycles. The molecule has 2 aromatic carbocycles. The normalized spacial score (nSPS) is 31.3. The van der Waals surface area contributed by atoms with Crippen LogP contribution >= 0.6 is 23.2 Å². The molecule has 19 heteroatoms. The van der Waals surface area contributed by atoms with Crippen LogP contribution in [-0.4, -0.2) is 123 Å². The second-order valence-electron chi connectivity index (χ2n) is 18.6. The van der Waals surface area contributed by atoms with E-state index in [1.807, 2.05) is 0 Å². The molecule has 2 bridgehead atoms. The standard InChI is InChI=1S/C46H55Cl2NO16/c1-23-27(61-39(55)33(52)32(25-15-11-9-12-16-25)49-40(56)65-42(3,4)5)20-46(58)37(63-38(54)26-17-13-10-14-18-26)35-44(8,28(51)19-29-45(35,22-60-29)64-24(2)50)36(53)34(31(23)43(46,6)7)62-41(57)59-21-30(47)48/h9-18,27-30,32-35,37,51-52,58H,19-22H2,1-8H3,(H,49,56). The van der Waals surface area contributed by atoms with Crippen molar-refractivity contribution in [1.82, 2.24) is 5.32 Å². The molecule has 11 atom stereocenters. The van der Waals surface area contributed by atoms with Crippen molar-refractivity contribution in [2.75, 3.05) is 13.2 Å². The van der Waals surface area contributed by atoms with Crippen LogP contribution < -0.4 is 5.32 Å². The molecule has 4 N–H and O–H groups in total. The summed E-state index contributed by atoms with van der Waals surface area (Å²) in [7, 11) is 0. The average molecular weight is 949 g/mol. The highest BCUT2D eigenvalue weighted by atomic mass is 35.5. The average Bonchev–Trinajstić information content (AvgIpc) is 3.22. The van der Waals surface area contributed by atoms with Gasteiger partial charge in [-0.3, -0.25) is 9.59 Å². The SMILES string of the molecule is CC(=O)OC12COC1CC(O)C1(C)C(=O)C(OC(=O)OCC(Cl)Cl)C3=C(C)C(OC(=O)C(O)C(NC(=O)OC(C)(C)C)c4ccccc4)CC(O)(C(OC(=O)c4ccccc4)C21)C3(C)C. The van der Waals surface area contributed by atoms with Gasteiger partial charge in [0.15, 0.2) is 23.6 Å². The van der Waals surface area contributed by atoms with Crippen LogP contribution in [0, 0.1) is 16.7 Å². The second-order valence-corrected chi connectivity index (χ2v) is 19.9. The number of hydrogen-bond donors (Lipinski definition) is 4. The Bertz CT molecular complexity index is 2200. The summed E-state index contributed by atoms with van der Waals surface area (Å²) < 4.78 is 40.8. The minimum Gasteiger partial charge on any atom is -0.456 e. The number of fused-ring (bicyclic) bond motifs is 5. The van der Waals surface area contributed by atoms with Crippen molar-refractivity contribution in [2.45, 2.75) is 133 Å². The number of Topliss-reactive ketones (excluding diaryl/α,β-unsaturated/α-hetero) is 1. The Hall–Kier alpha value is -4.78. The number of ether oxygens (including phenoxy) is 7. The number of alkyl halides is 2. The molecule has 11 unspecified atom stereocenters. The molecule has 17 nitrogen and oxygen atoms in total. The molecule has 3 aliphatic carbocycles. The third-order valence-corrected chi connectivity index (χ3v) is 13.3. The van der Waals surface area contributed by atoms with E-state index in [4.69, 9.17) is 56.4 Å². The Kier molecular flexibility index (Phi) is 14.1. The number of ketones is 1. The van der Waals surface area contributed by atoms with E-state index in [2.05, 4.69) is 5.32 Å². The molecule has 0 aromatic heterocycles. The number of carbonyl (C=O) groups is 6. The lowest BCUT2D eigenvalue weighted by Gasteiger charge is -2.67. The molecule has 0 radical (unpaired) electrons. The van der Waals surface area contributed by atoms with Gasteiger partial charge in [-0.1, -0.05) is 62.4 Å². The molecule has 65 heavy (non-hydrogen) atoms. The molecule has 3 fully saturated rings. The van der Waals surface area contributed by atoms with E-state index in [9.17, 15) is 39.3 Å². The first-order valence-electron chi connectivity index (χ1n) is 21.1. The molecule has 1 heterocycles. The zero-order valence-corrected chi connectivity index (χ0v) is 38.7. The third-order valence-electron chi connectivity index (χ3n) is 13.1. The van der Waals surface area contributed by atoms with Crippen LogP contribution in [0.2, 0.25) is 0 Å². The van der Waals surface area contributed by atoms with Gasteiger partial charge in [-0.05, 0) is 63.5 Å². The van der Waals surface area contributed by atoms with Crippen LogP contribution in [-0.2, 0) is 47.5 Å². The Morgan fingerprint density at radius 3 is 2.12 bits per heavy atom. The topological polar surface area (TPSA) is 240 Å². The number of rotatable bonds is 11. The minimum atomic E-state index is -2.49. The summed E-state index contributed by atoms with van der Waals surface area (Å²) in [4.78, 5) is 82.8. The first-order chi connectivity index (χ1) is 30.3. The summed E-state index contributed by atoms with van der Waals surface area (Å²) in [6.07, 6.45) is -13.7. The Morgan fingerprint density at radius 2 is 1.57 bits per heavy atom. The van der Waals surface area contributed by atoms with Gasteiger partial charge in [-0.2, -0.15) is 0 Å². The molecule has 4 aliphatic rings. The number of hydrogen-bond acceptors (Lipinski definition) is 16. The first kappa shape index (κ1) is 49.6. The maximum absolute atomic E-state index is 15.7. The lowest BCUT2D eigenvalue weighted by molar-refractivity contribution is -0.346. The number of amides is 1. The fraction of sp³-hybridized carbons (Fsp3) is 0.565. The Balaban J connectivity index is 1.55. The predicted molar refractivity (Wildman–Crippen MR) is 229 cm³/mol. The predicted octanol–water partition coefficient (Wildman–Crippen LogP) is 5.22. The van der Waals surface area contributed by atoms with Gasteiger partial charge in [0.1, 0.15) is 41.0 Å². The highest BCUT2D eigenvalue weighted by molar-refractivity contribution is 6.44. The third kappa shape index (κ3) is 9.32. The molecule has 2 aromatic rings. The van der Waals surface area contributed by atoms with Crippen LogP contribution in [0.5, 0.6) is 0 Å². The van der Waals surface area contributed by atoms with Crippen molar-refractivity contribution in [1.29, 1.82) is 0 Å². The molecular formula is C46H55Cl2NO16. The van der Waals surface area contributed by atoms with Crippen LogP contribution in [0.1, 0.15) is 90.2 Å². The van der Waals surface area contributed by atoms with Gasteiger partial charge < -0.3 is 53.8 Å². The van der Waals surface area contributed by atoms with Crippen molar-refractivity contribution < 1.29 is 77.2 Å². The summed E-state index contributed by atoms with van der Waals surface area (Å²) in [6, 6.07) is 14.3. The molecule has 1 amide bonds. The number of carbonyl (C=O) groups excluding carboxylic acids is 6. The quantitative estimate of drug-likeness (QED) is 0.0977. The maximum Gasteiger partial charge on any atom is 0.509 e. The molecule has 1 saturated heterocycles. The van der Waals surface area contributed by atoms with Crippen molar-refractivity contribution >= 4 is 59.1 Å². The largest absolute Gasteiger partial charge is 0.509 e. The van der Waals surface area contributed by atoms with E-state index in [-0.39, 0.29) is 35.3 Å². The molecular weight excluding hydrogens is 893 g/mol. The lowest BCUT2D eigenvalue weighted by Crippen LogP contribution is -2.82. The summed E-state index contributed by atoms with van der Waals surface area (Å²) in [6.45, 7) is 10.9. The van der Waals surface area contributed by atoms with Crippen LogP contribution in [0.3, 0.4) is 0 Å². The summed E-state index contributed by atoms with van der Waals surface area (Å²) in [5.74, 6) is -5.75. The summed E-state index contributed by atoms with van der Waals surface area (Å²) in [5, 5.41) is 40.2. The van der Waals surface area contributed by atoms with Gasteiger partial charge in [0.2, 0.25) is 0 Å². The zero-order chi connectivity index (χ0) is 48.0. The number of halogens is 2. The number of esters is 3. The maximum atomic E-state index is 15.7. The Labute approximate surface area is 385 Å². The fourth-order valence-electron chi connectivity index (χ4n) is 9.90. The molecule has 354 valence electrons. The van der Waals surface area contributed by atoms with Crippen LogP contribution in [0.15, 0.2) is 71.8 Å². The fourth-order valence-corrected chi connectivity index (χ4v) is 10.0. The van der Waals surface area contributed by atoms with Gasteiger partial charge in [-0.15, -0.1) is 23.2 Å².